The zero-order valence-electron chi connectivity index (χ0n) is 18.0. The van der Waals surface area contributed by atoms with Crippen LogP contribution in [0.15, 0.2) is 53.5 Å². The summed E-state index contributed by atoms with van der Waals surface area (Å²) in [6, 6.07) is 5.75. The molecule has 12 heteroatoms. The van der Waals surface area contributed by atoms with Crippen LogP contribution in [0.25, 0.3) is 11.4 Å². The van der Waals surface area contributed by atoms with Gasteiger partial charge in [0.05, 0.1) is 24.6 Å². The normalized spacial score (nSPS) is 16.0. The van der Waals surface area contributed by atoms with E-state index in [-0.39, 0.29) is 34.2 Å². The number of carbonyl (C=O) groups is 1. The van der Waals surface area contributed by atoms with Gasteiger partial charge >= 0.3 is 6.01 Å². The fourth-order valence-corrected chi connectivity index (χ4v) is 3.77. The molecule has 10 nitrogen and oxygen atoms in total. The molecule has 3 aromatic heterocycles. The van der Waals surface area contributed by atoms with Gasteiger partial charge in [-0.3, -0.25) is 14.8 Å². The second-order valence-corrected chi connectivity index (χ2v) is 8.04. The first-order valence-corrected chi connectivity index (χ1v) is 10.7. The molecule has 4 heterocycles. The maximum Gasteiger partial charge on any atom is 0.301 e. The number of amides is 1. The van der Waals surface area contributed by atoms with E-state index in [2.05, 4.69) is 25.4 Å². The Morgan fingerprint density at radius 3 is 2.91 bits per heavy atom. The molecule has 1 amide bonds. The fraction of sp³-hybridized carbons (Fsp3) is 0.227. The van der Waals surface area contributed by atoms with Gasteiger partial charge in [0.15, 0.2) is 5.82 Å². The van der Waals surface area contributed by atoms with Crippen molar-refractivity contribution >= 4 is 29.3 Å². The molecule has 1 aliphatic rings. The largest absolute Gasteiger partial charge is 0.432 e. The lowest BCUT2D eigenvalue weighted by Gasteiger charge is -2.33. The van der Waals surface area contributed by atoms with Crippen LogP contribution in [0.3, 0.4) is 0 Å². The van der Waals surface area contributed by atoms with E-state index >= 15 is 0 Å². The number of benzene rings is 1. The van der Waals surface area contributed by atoms with E-state index in [1.807, 2.05) is 18.1 Å². The summed E-state index contributed by atoms with van der Waals surface area (Å²) in [5.74, 6) is -0.666. The number of nitrogens with one attached hydrogen (secondary N) is 1. The number of morpholine rings is 1. The lowest BCUT2D eigenvalue weighted by atomic mass is 10.1. The predicted molar refractivity (Wildman–Crippen MR) is 121 cm³/mol. The predicted octanol–water partition coefficient (Wildman–Crippen LogP) is 3.49. The highest BCUT2D eigenvalue weighted by molar-refractivity contribution is 6.30. The number of halogens is 2. The van der Waals surface area contributed by atoms with Crippen molar-refractivity contribution in [3.63, 3.8) is 0 Å². The van der Waals surface area contributed by atoms with Crippen molar-refractivity contribution in [2.24, 2.45) is 7.05 Å². The van der Waals surface area contributed by atoms with Gasteiger partial charge < -0.3 is 14.1 Å². The van der Waals surface area contributed by atoms with Crippen molar-refractivity contribution in [2.45, 2.75) is 6.10 Å². The molecular weight excluding hydrogens is 465 g/mol. The molecule has 0 bridgehead atoms. The average molecular weight is 484 g/mol. The van der Waals surface area contributed by atoms with Crippen LogP contribution in [-0.2, 0) is 11.8 Å². The smallest absolute Gasteiger partial charge is 0.301 e. The van der Waals surface area contributed by atoms with Crippen molar-refractivity contribution in [3.8, 4) is 11.4 Å². The van der Waals surface area contributed by atoms with Gasteiger partial charge in [-0.25, -0.2) is 19.3 Å². The van der Waals surface area contributed by atoms with Gasteiger partial charge in [-0.05, 0) is 18.2 Å². The second kappa shape index (κ2) is 9.20. The molecule has 34 heavy (non-hydrogen) atoms. The third kappa shape index (κ3) is 4.61. The molecule has 1 N–H and O–H groups in total. The molecule has 1 aromatic carbocycles. The van der Waals surface area contributed by atoms with Gasteiger partial charge in [0.1, 0.15) is 29.7 Å². The summed E-state index contributed by atoms with van der Waals surface area (Å²) in [6.45, 7) is 1.43. The SMILES string of the molecule is Cn1cc(C2CN(c3cc(C(=O)Nc4ncco4)nc(-c4ccc(Cl)cc4F)n3)CCO2)cn1. The number of carbonyl (C=O) groups excluding carboxylic acids is 1. The third-order valence-corrected chi connectivity index (χ3v) is 5.49. The number of rotatable bonds is 5. The van der Waals surface area contributed by atoms with Crippen LogP contribution in [-0.4, -0.2) is 50.3 Å². The summed E-state index contributed by atoms with van der Waals surface area (Å²) in [5.41, 5.74) is 1.07. The second-order valence-electron chi connectivity index (χ2n) is 7.60. The molecule has 1 atom stereocenters. The fourth-order valence-electron chi connectivity index (χ4n) is 3.62. The highest BCUT2D eigenvalue weighted by atomic mass is 35.5. The van der Waals surface area contributed by atoms with E-state index in [0.717, 1.165) is 5.56 Å². The van der Waals surface area contributed by atoms with Gasteiger partial charge in [-0.2, -0.15) is 5.10 Å². The van der Waals surface area contributed by atoms with Crippen LogP contribution in [0.5, 0.6) is 0 Å². The van der Waals surface area contributed by atoms with Gasteiger partial charge in [-0.1, -0.05) is 11.6 Å². The first-order valence-electron chi connectivity index (χ1n) is 10.4. The minimum Gasteiger partial charge on any atom is -0.432 e. The standard InChI is InChI=1S/C22H19ClFN7O3/c1-30-11-13(10-26-30)18-12-31(5-7-33-18)19-9-17(21(32)29-22-25-4-6-34-22)27-20(28-19)15-3-2-14(23)8-16(15)24/h2-4,6,8-11,18H,5,7,12H2,1H3,(H,25,29,32). The van der Waals surface area contributed by atoms with Crippen molar-refractivity contribution in [2.75, 3.05) is 29.9 Å². The number of nitrogens with zero attached hydrogens (tertiary/aromatic N) is 6. The van der Waals surface area contributed by atoms with Gasteiger partial charge in [0, 0.05) is 43.0 Å². The summed E-state index contributed by atoms with van der Waals surface area (Å²) >= 11 is 5.90. The van der Waals surface area contributed by atoms with Crippen LogP contribution in [0.2, 0.25) is 5.02 Å². The Balaban J connectivity index is 1.52. The van der Waals surface area contributed by atoms with Gasteiger partial charge in [0.25, 0.3) is 5.91 Å². The number of aromatic nitrogens is 5. The van der Waals surface area contributed by atoms with Crippen molar-refractivity contribution in [1.29, 1.82) is 0 Å². The molecule has 5 rings (SSSR count). The minimum atomic E-state index is -0.598. The van der Waals surface area contributed by atoms with Crippen LogP contribution in [0.1, 0.15) is 22.2 Å². The van der Waals surface area contributed by atoms with Gasteiger partial charge in [-0.15, -0.1) is 0 Å². The Kier molecular flexibility index (Phi) is 5.95. The van der Waals surface area contributed by atoms with Crippen molar-refractivity contribution < 1.29 is 18.3 Å². The van der Waals surface area contributed by atoms with E-state index in [1.54, 1.807) is 16.9 Å². The number of aryl methyl sites for hydroxylation is 1. The first-order chi connectivity index (χ1) is 16.5. The quantitative estimate of drug-likeness (QED) is 0.459. The highest BCUT2D eigenvalue weighted by Gasteiger charge is 2.26. The molecule has 0 saturated carbocycles. The topological polar surface area (TPSA) is 111 Å². The number of hydrogen-bond acceptors (Lipinski definition) is 8. The Hall–Kier alpha value is -3.83. The molecule has 1 aliphatic heterocycles. The Bertz CT molecular complexity index is 1330. The first kappa shape index (κ1) is 22.0. The van der Waals surface area contributed by atoms with Crippen LogP contribution in [0.4, 0.5) is 16.2 Å². The molecule has 1 saturated heterocycles. The van der Waals surface area contributed by atoms with E-state index in [4.69, 9.17) is 20.8 Å². The van der Waals surface area contributed by atoms with Crippen LogP contribution < -0.4 is 10.2 Å². The lowest BCUT2D eigenvalue weighted by Crippen LogP contribution is -2.39. The minimum absolute atomic E-state index is 0.0207. The Morgan fingerprint density at radius 2 is 2.18 bits per heavy atom. The van der Waals surface area contributed by atoms with Crippen molar-refractivity contribution in [1.82, 2.24) is 24.7 Å². The Morgan fingerprint density at radius 1 is 1.29 bits per heavy atom. The molecule has 0 spiro atoms. The maximum absolute atomic E-state index is 14.7. The Labute approximate surface area is 198 Å². The monoisotopic (exact) mass is 483 g/mol. The molecule has 1 unspecified atom stereocenters. The van der Waals surface area contributed by atoms with E-state index in [9.17, 15) is 9.18 Å². The zero-order chi connectivity index (χ0) is 23.7. The molecule has 4 aromatic rings. The molecule has 1 fully saturated rings. The summed E-state index contributed by atoms with van der Waals surface area (Å²) in [5, 5.41) is 6.98. The van der Waals surface area contributed by atoms with Crippen molar-refractivity contribution in [3.05, 3.63) is 71.2 Å². The van der Waals surface area contributed by atoms with E-state index in [0.29, 0.717) is 25.5 Å². The number of oxazole rings is 1. The lowest BCUT2D eigenvalue weighted by molar-refractivity contribution is 0.0395. The summed E-state index contributed by atoms with van der Waals surface area (Å²) in [7, 11) is 1.83. The van der Waals surface area contributed by atoms with Crippen LogP contribution in [0, 0.1) is 5.82 Å². The van der Waals surface area contributed by atoms with Gasteiger partial charge in [0.2, 0.25) is 0 Å². The average Bonchev–Trinajstić information content (AvgIpc) is 3.50. The molecule has 0 aliphatic carbocycles. The number of anilines is 2. The summed E-state index contributed by atoms with van der Waals surface area (Å²) in [6.07, 6.45) is 6.14. The zero-order valence-corrected chi connectivity index (χ0v) is 18.7. The molecule has 0 radical (unpaired) electrons. The summed E-state index contributed by atoms with van der Waals surface area (Å²) in [4.78, 5) is 27.6. The van der Waals surface area contributed by atoms with E-state index in [1.165, 1.54) is 30.7 Å². The number of hydrogen-bond donors (Lipinski definition) is 1. The third-order valence-electron chi connectivity index (χ3n) is 5.26. The molecular formula is C22H19ClFN7O3. The highest BCUT2D eigenvalue weighted by Crippen LogP contribution is 2.29. The molecule has 174 valence electrons. The number of ether oxygens (including phenoxy) is 1. The van der Waals surface area contributed by atoms with Crippen LogP contribution >= 0.6 is 11.6 Å². The summed E-state index contributed by atoms with van der Waals surface area (Å²) < 4.78 is 27.4. The van der Waals surface area contributed by atoms with E-state index < -0.39 is 11.7 Å². The maximum atomic E-state index is 14.7.